The molecule has 2 N–H and O–H groups in total. The van der Waals surface area contributed by atoms with Crippen LogP contribution in [-0.4, -0.2) is 37.6 Å². The molecule has 1 aliphatic rings. The Balaban J connectivity index is 1.63. The van der Waals surface area contributed by atoms with Gasteiger partial charge in [0.25, 0.3) is 11.8 Å². The SMILES string of the molecule is O=C(NNC(=O)c1cc(Cl)cc(Cl)c1)c1ccc(S(=O)(=O)N2CCCCC2)cc1. The van der Waals surface area contributed by atoms with E-state index < -0.39 is 21.8 Å². The number of amides is 2. The number of carbonyl (C=O) groups excluding carboxylic acids is 2. The maximum atomic E-state index is 12.6. The number of hydrazine groups is 1. The van der Waals surface area contributed by atoms with Crippen LogP contribution in [0.15, 0.2) is 47.4 Å². The van der Waals surface area contributed by atoms with Crippen LogP contribution in [-0.2, 0) is 10.0 Å². The molecule has 0 atom stereocenters. The smallest absolute Gasteiger partial charge is 0.267 e. The van der Waals surface area contributed by atoms with E-state index >= 15 is 0 Å². The molecule has 0 aliphatic carbocycles. The second-order valence-corrected chi connectivity index (χ2v) is 9.37. The van der Waals surface area contributed by atoms with Crippen LogP contribution in [0.3, 0.4) is 0 Å². The molecule has 7 nitrogen and oxygen atoms in total. The molecule has 0 bridgehead atoms. The second-order valence-electron chi connectivity index (χ2n) is 6.56. The topological polar surface area (TPSA) is 95.6 Å². The van der Waals surface area contributed by atoms with Crippen molar-refractivity contribution >= 4 is 45.0 Å². The normalized spacial score (nSPS) is 15.0. The summed E-state index contributed by atoms with van der Waals surface area (Å²) in [6.07, 6.45) is 2.72. The van der Waals surface area contributed by atoms with E-state index in [9.17, 15) is 18.0 Å². The van der Waals surface area contributed by atoms with Gasteiger partial charge in [0.05, 0.1) is 4.90 Å². The number of carbonyl (C=O) groups is 2. The third-order valence-corrected chi connectivity index (χ3v) is 6.83. The summed E-state index contributed by atoms with van der Waals surface area (Å²) >= 11 is 11.7. The van der Waals surface area contributed by atoms with Crippen molar-refractivity contribution in [1.82, 2.24) is 15.2 Å². The van der Waals surface area contributed by atoms with E-state index in [0.29, 0.717) is 23.1 Å². The van der Waals surface area contributed by atoms with E-state index in [2.05, 4.69) is 10.9 Å². The third kappa shape index (κ3) is 5.27. The highest BCUT2D eigenvalue weighted by Crippen LogP contribution is 2.21. The Morgan fingerprint density at radius 1 is 0.793 bits per heavy atom. The molecule has 0 radical (unpaired) electrons. The number of nitrogens with one attached hydrogen (secondary N) is 2. The van der Waals surface area contributed by atoms with Crippen LogP contribution in [0.4, 0.5) is 0 Å². The van der Waals surface area contributed by atoms with E-state index in [1.807, 2.05) is 0 Å². The van der Waals surface area contributed by atoms with Crippen LogP contribution in [0, 0.1) is 0 Å². The summed E-state index contributed by atoms with van der Waals surface area (Å²) in [5.41, 5.74) is 4.93. The van der Waals surface area contributed by atoms with Crippen LogP contribution < -0.4 is 10.9 Å². The molecular weight excluding hydrogens is 437 g/mol. The first-order valence-corrected chi connectivity index (χ1v) is 11.1. The van der Waals surface area contributed by atoms with Crippen LogP contribution in [0.2, 0.25) is 10.0 Å². The van der Waals surface area contributed by atoms with E-state index in [-0.39, 0.29) is 16.0 Å². The summed E-state index contributed by atoms with van der Waals surface area (Å²) in [6.45, 7) is 1.01. The minimum atomic E-state index is -3.57. The molecule has 0 unspecified atom stereocenters. The number of halogens is 2. The summed E-state index contributed by atoms with van der Waals surface area (Å²) in [7, 11) is -3.57. The van der Waals surface area contributed by atoms with Crippen molar-refractivity contribution in [3.8, 4) is 0 Å². The summed E-state index contributed by atoms with van der Waals surface area (Å²) in [5, 5.41) is 0.582. The maximum absolute atomic E-state index is 12.6. The van der Waals surface area contributed by atoms with Gasteiger partial charge in [0, 0.05) is 34.3 Å². The fraction of sp³-hybridized carbons (Fsp3) is 0.263. The summed E-state index contributed by atoms with van der Waals surface area (Å²) < 4.78 is 26.7. The first-order valence-electron chi connectivity index (χ1n) is 8.94. The molecule has 2 aromatic carbocycles. The van der Waals surface area contributed by atoms with E-state index in [0.717, 1.165) is 19.3 Å². The molecule has 1 aliphatic heterocycles. The number of hydrogen-bond donors (Lipinski definition) is 2. The molecule has 0 spiro atoms. The monoisotopic (exact) mass is 455 g/mol. The zero-order valence-electron chi connectivity index (χ0n) is 15.3. The van der Waals surface area contributed by atoms with E-state index in [1.165, 1.54) is 46.8 Å². The van der Waals surface area contributed by atoms with Gasteiger partial charge in [-0.3, -0.25) is 20.4 Å². The first kappa shape index (κ1) is 21.6. The standard InChI is InChI=1S/C19H19Cl2N3O4S/c20-15-10-14(11-16(21)12-15)19(26)23-22-18(25)13-4-6-17(7-5-13)29(27,28)24-8-2-1-3-9-24/h4-7,10-12H,1-3,8-9H2,(H,22,25)(H,23,26). The van der Waals surface area contributed by atoms with Gasteiger partial charge in [-0.2, -0.15) is 4.31 Å². The lowest BCUT2D eigenvalue weighted by molar-refractivity contribution is 0.0846. The van der Waals surface area contributed by atoms with Gasteiger partial charge in [0.1, 0.15) is 0 Å². The molecule has 2 amide bonds. The lowest BCUT2D eigenvalue weighted by atomic mass is 10.2. The number of piperidine rings is 1. The fourth-order valence-electron chi connectivity index (χ4n) is 2.98. The Hall–Kier alpha value is -2.13. The highest BCUT2D eigenvalue weighted by atomic mass is 35.5. The predicted molar refractivity (Wildman–Crippen MR) is 110 cm³/mol. The number of hydrogen-bond acceptors (Lipinski definition) is 4. The van der Waals surface area contributed by atoms with Gasteiger partial charge in [-0.1, -0.05) is 29.6 Å². The van der Waals surface area contributed by atoms with Gasteiger partial charge < -0.3 is 0 Å². The highest BCUT2D eigenvalue weighted by molar-refractivity contribution is 7.89. The Kier molecular flexibility index (Phi) is 6.79. The van der Waals surface area contributed by atoms with Crippen LogP contribution in [0.25, 0.3) is 0 Å². The number of sulfonamides is 1. The Morgan fingerprint density at radius 3 is 1.86 bits per heavy atom. The zero-order valence-corrected chi connectivity index (χ0v) is 17.6. The Labute approximate surface area is 179 Å². The van der Waals surface area contributed by atoms with Crippen molar-refractivity contribution in [3.05, 3.63) is 63.6 Å². The summed E-state index contributed by atoms with van der Waals surface area (Å²) in [4.78, 5) is 24.5. The second kappa shape index (κ2) is 9.13. The quantitative estimate of drug-likeness (QED) is 0.691. The molecule has 1 fully saturated rings. The van der Waals surface area contributed by atoms with Crippen LogP contribution >= 0.6 is 23.2 Å². The zero-order chi connectivity index (χ0) is 21.0. The third-order valence-electron chi connectivity index (χ3n) is 4.48. The first-order chi connectivity index (χ1) is 13.8. The van der Waals surface area contributed by atoms with Crippen LogP contribution in [0.1, 0.15) is 40.0 Å². The van der Waals surface area contributed by atoms with E-state index in [1.54, 1.807) is 0 Å². The summed E-state index contributed by atoms with van der Waals surface area (Å²) in [5.74, 6) is -1.18. The molecule has 0 saturated carbocycles. The Bertz CT molecular complexity index is 1000. The average Bonchev–Trinajstić information content (AvgIpc) is 2.71. The largest absolute Gasteiger partial charge is 0.269 e. The molecule has 10 heteroatoms. The number of benzene rings is 2. The van der Waals surface area contributed by atoms with E-state index in [4.69, 9.17) is 23.2 Å². The minimum absolute atomic E-state index is 0.133. The number of rotatable bonds is 4. The van der Waals surface area contributed by atoms with Gasteiger partial charge in [0.2, 0.25) is 10.0 Å². The van der Waals surface area contributed by atoms with Crippen molar-refractivity contribution < 1.29 is 18.0 Å². The molecule has 29 heavy (non-hydrogen) atoms. The summed E-state index contributed by atoms with van der Waals surface area (Å²) in [6, 6.07) is 9.88. The number of nitrogens with zero attached hydrogens (tertiary/aromatic N) is 1. The highest BCUT2D eigenvalue weighted by Gasteiger charge is 2.26. The maximum Gasteiger partial charge on any atom is 0.269 e. The van der Waals surface area contributed by atoms with Crippen LogP contribution in [0.5, 0.6) is 0 Å². The molecule has 154 valence electrons. The lowest BCUT2D eigenvalue weighted by Gasteiger charge is -2.25. The van der Waals surface area contributed by atoms with Gasteiger partial charge in [-0.05, 0) is 55.3 Å². The molecule has 3 rings (SSSR count). The van der Waals surface area contributed by atoms with Crippen molar-refractivity contribution in [3.63, 3.8) is 0 Å². The van der Waals surface area contributed by atoms with Crippen molar-refractivity contribution in [2.75, 3.05) is 13.1 Å². The minimum Gasteiger partial charge on any atom is -0.267 e. The fourth-order valence-corrected chi connectivity index (χ4v) is 5.02. The Morgan fingerprint density at radius 2 is 1.31 bits per heavy atom. The van der Waals surface area contributed by atoms with Gasteiger partial charge in [-0.15, -0.1) is 0 Å². The average molecular weight is 456 g/mol. The van der Waals surface area contributed by atoms with Gasteiger partial charge in [-0.25, -0.2) is 8.42 Å². The predicted octanol–water partition coefficient (Wildman–Crippen LogP) is 3.24. The van der Waals surface area contributed by atoms with Gasteiger partial charge in [0.15, 0.2) is 0 Å². The van der Waals surface area contributed by atoms with Crippen molar-refractivity contribution in [2.24, 2.45) is 0 Å². The molecule has 1 saturated heterocycles. The molecular formula is C19H19Cl2N3O4S. The molecule has 1 heterocycles. The molecule has 2 aromatic rings. The van der Waals surface area contributed by atoms with Crippen molar-refractivity contribution in [2.45, 2.75) is 24.2 Å². The van der Waals surface area contributed by atoms with Crippen molar-refractivity contribution in [1.29, 1.82) is 0 Å². The lowest BCUT2D eigenvalue weighted by Crippen LogP contribution is -2.41. The van der Waals surface area contributed by atoms with Gasteiger partial charge >= 0.3 is 0 Å². The molecule has 0 aromatic heterocycles.